The maximum Gasteiger partial charge on any atom is 0.423 e. The topological polar surface area (TPSA) is 105 Å². The highest BCUT2D eigenvalue weighted by atomic mass is 35.5. The van der Waals surface area contributed by atoms with Crippen LogP contribution in [-0.2, 0) is 19.1 Å². The largest absolute Gasteiger partial charge is 0.462 e. The van der Waals surface area contributed by atoms with Crippen molar-refractivity contribution in [3.05, 3.63) is 53.4 Å². The van der Waals surface area contributed by atoms with Gasteiger partial charge in [0.05, 0.1) is 43.3 Å². The summed E-state index contributed by atoms with van der Waals surface area (Å²) in [4.78, 5) is 52.3. The van der Waals surface area contributed by atoms with E-state index in [1.54, 1.807) is 0 Å². The molecule has 2 fully saturated rings. The maximum atomic E-state index is 13.1. The van der Waals surface area contributed by atoms with Gasteiger partial charge >= 0.3 is 23.9 Å². The molecule has 4 unspecified atom stereocenters. The molecule has 0 saturated heterocycles. The smallest absolute Gasteiger partial charge is 0.423 e. The molecule has 2 saturated carbocycles. The quantitative estimate of drug-likeness (QED) is 0.0907. The number of ether oxygens (including phenoxy) is 4. The van der Waals surface area contributed by atoms with Crippen molar-refractivity contribution in [3.8, 4) is 11.5 Å². The molecule has 0 spiro atoms. The Labute approximate surface area is 309 Å². The Balaban J connectivity index is 1.48. The van der Waals surface area contributed by atoms with Crippen molar-refractivity contribution in [2.45, 2.75) is 67.2 Å². The van der Waals surface area contributed by atoms with Gasteiger partial charge in [0.2, 0.25) is 0 Å². The van der Waals surface area contributed by atoms with Crippen LogP contribution in [0.1, 0.15) is 87.9 Å². The van der Waals surface area contributed by atoms with E-state index < -0.39 is 46.5 Å². The summed E-state index contributed by atoms with van der Waals surface area (Å²) >= 11 is 37.5. The first-order valence-electron chi connectivity index (χ1n) is 15.5. The first kappa shape index (κ1) is 38.9. The summed E-state index contributed by atoms with van der Waals surface area (Å²) < 4.78 is 21.3. The number of benzene rings is 2. The van der Waals surface area contributed by atoms with E-state index in [-0.39, 0.29) is 54.2 Å². The van der Waals surface area contributed by atoms with E-state index in [0.717, 1.165) is 25.0 Å². The monoisotopic (exact) mass is 782 g/mol. The minimum absolute atomic E-state index is 0.0636. The molecule has 8 nitrogen and oxygen atoms in total. The van der Waals surface area contributed by atoms with E-state index >= 15 is 0 Å². The summed E-state index contributed by atoms with van der Waals surface area (Å²) in [5.74, 6) is -4.67. The Hall–Kier alpha value is -1.94. The van der Waals surface area contributed by atoms with Gasteiger partial charge in [0, 0.05) is 0 Å². The number of rotatable bonds is 12. The van der Waals surface area contributed by atoms with Crippen molar-refractivity contribution in [2.24, 2.45) is 34.5 Å². The normalized spacial score (nSPS) is 22.8. The van der Waals surface area contributed by atoms with E-state index in [9.17, 15) is 19.2 Å². The Morgan fingerprint density at radius 3 is 1.27 bits per heavy atom. The molecule has 0 heterocycles. The van der Waals surface area contributed by atoms with Crippen LogP contribution in [0.25, 0.3) is 0 Å². The third-order valence-electron chi connectivity index (χ3n) is 10.2. The zero-order valence-corrected chi connectivity index (χ0v) is 31.8. The van der Waals surface area contributed by atoms with Crippen LogP contribution in [0.5, 0.6) is 11.5 Å². The van der Waals surface area contributed by atoms with Gasteiger partial charge in [-0.05, 0) is 72.3 Å². The molecular weight excluding hydrogens is 749 g/mol. The standard InChI is InChI=1S/C34H36Cl6O8/c1-15(2)33(5)13-17(33)7-9-45-29(41)23-25(39)19(35)11-21(37)27(23)47-31(43)32(44)48-28-22(38)12-20(36)26(40)24(28)30(42)46-10-8-18-14-34(18,6)16(3)4/h11-12,15-18H,7-10,13-14H2,1-6H3. The van der Waals surface area contributed by atoms with Gasteiger partial charge in [0.25, 0.3) is 0 Å². The zero-order chi connectivity index (χ0) is 35.9. The number of esters is 4. The average molecular weight is 785 g/mol. The Morgan fingerprint density at radius 2 is 0.979 bits per heavy atom. The Bertz CT molecular complexity index is 1520. The third-order valence-corrected chi connectivity index (χ3v) is 12.3. The van der Waals surface area contributed by atoms with Crippen LogP contribution >= 0.6 is 69.6 Å². The van der Waals surface area contributed by atoms with Crippen LogP contribution in [0.4, 0.5) is 0 Å². The van der Waals surface area contributed by atoms with E-state index in [1.165, 1.54) is 0 Å². The highest BCUT2D eigenvalue weighted by Crippen LogP contribution is 2.59. The molecule has 2 aliphatic carbocycles. The maximum absolute atomic E-state index is 13.1. The molecule has 2 aliphatic rings. The number of hydrogen-bond donors (Lipinski definition) is 0. The van der Waals surface area contributed by atoms with Crippen LogP contribution in [0.3, 0.4) is 0 Å². The molecule has 48 heavy (non-hydrogen) atoms. The molecule has 0 radical (unpaired) electrons. The minimum atomic E-state index is -1.64. The van der Waals surface area contributed by atoms with Crippen molar-refractivity contribution in [1.82, 2.24) is 0 Å². The molecule has 2 aromatic carbocycles. The Morgan fingerprint density at radius 1 is 0.646 bits per heavy atom. The van der Waals surface area contributed by atoms with Crippen LogP contribution in [0.2, 0.25) is 30.1 Å². The van der Waals surface area contributed by atoms with Crippen molar-refractivity contribution < 1.29 is 38.1 Å². The second kappa shape index (κ2) is 15.1. The third kappa shape index (κ3) is 8.16. The molecule has 262 valence electrons. The van der Waals surface area contributed by atoms with Crippen molar-refractivity contribution >= 4 is 93.5 Å². The SMILES string of the molecule is CC(C)C1(C)CC1CCOC(=O)c1c(Cl)c(Cl)cc(Cl)c1OC(=O)C(=O)Oc1c(Cl)cc(Cl)c(Cl)c1C(=O)OCCC1CC1(C)C(C)C. The predicted molar refractivity (Wildman–Crippen MR) is 186 cm³/mol. The van der Waals surface area contributed by atoms with Crippen molar-refractivity contribution in [1.29, 1.82) is 0 Å². The lowest BCUT2D eigenvalue weighted by Crippen LogP contribution is -2.27. The van der Waals surface area contributed by atoms with Gasteiger partial charge in [0.15, 0.2) is 11.5 Å². The first-order valence-corrected chi connectivity index (χ1v) is 17.7. The van der Waals surface area contributed by atoms with E-state index in [2.05, 4.69) is 41.5 Å². The zero-order valence-electron chi connectivity index (χ0n) is 27.2. The number of halogens is 6. The number of carbonyl (C=O) groups excluding carboxylic acids is 4. The molecule has 2 aromatic rings. The molecule has 0 aromatic heterocycles. The lowest BCUT2D eigenvalue weighted by molar-refractivity contribution is -0.156. The summed E-state index contributed by atoms with van der Waals surface area (Å²) in [6.45, 7) is 13.1. The number of hydrogen-bond acceptors (Lipinski definition) is 8. The van der Waals surface area contributed by atoms with E-state index in [4.69, 9.17) is 88.6 Å². The van der Waals surface area contributed by atoms with Gasteiger partial charge in [-0.25, -0.2) is 19.2 Å². The molecule has 14 heteroatoms. The van der Waals surface area contributed by atoms with E-state index in [1.807, 2.05) is 0 Å². The van der Waals surface area contributed by atoms with Gasteiger partial charge in [0.1, 0.15) is 11.1 Å². The van der Waals surface area contributed by atoms with Crippen LogP contribution in [-0.4, -0.2) is 37.1 Å². The van der Waals surface area contributed by atoms with Crippen molar-refractivity contribution in [3.63, 3.8) is 0 Å². The lowest BCUT2D eigenvalue weighted by atomic mass is 9.91. The fourth-order valence-electron chi connectivity index (χ4n) is 5.94. The summed E-state index contributed by atoms with van der Waals surface area (Å²) in [6.07, 6.45) is 3.25. The fraction of sp³-hybridized carbons (Fsp3) is 0.529. The molecule has 0 bridgehead atoms. The predicted octanol–water partition coefficient (Wildman–Crippen LogP) is 10.6. The highest BCUT2D eigenvalue weighted by Gasteiger charge is 2.52. The summed E-state index contributed by atoms with van der Waals surface area (Å²) in [5, 5.41) is -1.48. The fourth-order valence-corrected chi connectivity index (χ4v) is 7.38. The van der Waals surface area contributed by atoms with Gasteiger partial charge < -0.3 is 18.9 Å². The lowest BCUT2D eigenvalue weighted by Gasteiger charge is -2.17. The summed E-state index contributed by atoms with van der Waals surface area (Å²) in [7, 11) is 0. The van der Waals surface area contributed by atoms with Crippen LogP contribution < -0.4 is 9.47 Å². The number of carbonyl (C=O) groups is 4. The van der Waals surface area contributed by atoms with Gasteiger partial charge in [-0.2, -0.15) is 0 Å². The minimum Gasteiger partial charge on any atom is -0.462 e. The Kier molecular flexibility index (Phi) is 12.2. The van der Waals surface area contributed by atoms with E-state index in [0.29, 0.717) is 36.5 Å². The molecule has 4 atom stereocenters. The molecule has 4 rings (SSSR count). The highest BCUT2D eigenvalue weighted by molar-refractivity contribution is 6.47. The van der Waals surface area contributed by atoms with Gasteiger partial charge in [-0.3, -0.25) is 0 Å². The molecule has 0 N–H and O–H groups in total. The second-order valence-corrected chi connectivity index (χ2v) is 15.9. The second-order valence-electron chi connectivity index (χ2n) is 13.5. The van der Waals surface area contributed by atoms with Crippen LogP contribution in [0, 0.1) is 34.5 Å². The van der Waals surface area contributed by atoms with Crippen LogP contribution in [0.15, 0.2) is 12.1 Å². The van der Waals surface area contributed by atoms with Crippen molar-refractivity contribution in [2.75, 3.05) is 13.2 Å². The first-order chi connectivity index (χ1) is 22.3. The van der Waals surface area contributed by atoms with Gasteiger partial charge in [-0.15, -0.1) is 0 Å². The van der Waals surface area contributed by atoms with Gasteiger partial charge in [-0.1, -0.05) is 111 Å². The molecule has 0 aliphatic heterocycles. The summed E-state index contributed by atoms with van der Waals surface area (Å²) in [5.41, 5.74) is -0.577. The summed E-state index contributed by atoms with van der Waals surface area (Å²) in [6, 6.07) is 2.26. The molecule has 0 amide bonds. The molecular formula is C34H36Cl6O8. The average Bonchev–Trinajstić information content (AvgIpc) is 3.88.